The maximum absolute atomic E-state index is 11.9. The fourth-order valence-electron chi connectivity index (χ4n) is 1.75. The van der Waals surface area contributed by atoms with Gasteiger partial charge in [0.15, 0.2) is 0 Å². The summed E-state index contributed by atoms with van der Waals surface area (Å²) in [6.45, 7) is 1.97. The molecule has 1 heterocycles. The second-order valence-corrected chi connectivity index (χ2v) is 5.99. The number of nitrogens with zero attached hydrogens (tertiary/aromatic N) is 1. The van der Waals surface area contributed by atoms with Crippen molar-refractivity contribution in [3.63, 3.8) is 0 Å². The van der Waals surface area contributed by atoms with Gasteiger partial charge in [0.2, 0.25) is 10.0 Å². The van der Waals surface area contributed by atoms with Crippen LogP contribution in [0.3, 0.4) is 0 Å². The molecule has 0 saturated carbocycles. The highest BCUT2D eigenvalue weighted by Crippen LogP contribution is 2.22. The van der Waals surface area contributed by atoms with Crippen molar-refractivity contribution in [1.82, 2.24) is 4.98 Å². The molecule has 1 aromatic heterocycles. The van der Waals surface area contributed by atoms with E-state index in [1.54, 1.807) is 24.4 Å². The summed E-state index contributed by atoms with van der Waals surface area (Å²) in [5, 5.41) is 0.820. The molecule has 2 aromatic rings. The summed E-state index contributed by atoms with van der Waals surface area (Å²) in [7, 11) is -3.27. The highest BCUT2D eigenvalue weighted by molar-refractivity contribution is 7.92. The van der Waals surface area contributed by atoms with Gasteiger partial charge in [0.25, 0.3) is 0 Å². The topological polar surface area (TPSA) is 59.1 Å². The molecular formula is C13H16N2O2S. The summed E-state index contributed by atoms with van der Waals surface area (Å²) in [4.78, 5) is 4.20. The van der Waals surface area contributed by atoms with E-state index in [0.29, 0.717) is 12.1 Å². The summed E-state index contributed by atoms with van der Waals surface area (Å²) in [6.07, 6.45) is 3.22. The highest BCUT2D eigenvalue weighted by Gasteiger charge is 2.11. The Kier molecular flexibility index (Phi) is 3.81. The lowest BCUT2D eigenvalue weighted by Crippen LogP contribution is -2.16. The summed E-state index contributed by atoms with van der Waals surface area (Å²) < 4.78 is 26.4. The molecule has 5 heteroatoms. The van der Waals surface area contributed by atoms with E-state index >= 15 is 0 Å². The van der Waals surface area contributed by atoms with Gasteiger partial charge >= 0.3 is 0 Å². The second kappa shape index (κ2) is 5.35. The van der Waals surface area contributed by atoms with Gasteiger partial charge in [-0.05, 0) is 30.7 Å². The van der Waals surface area contributed by atoms with Crippen LogP contribution in [0.5, 0.6) is 0 Å². The summed E-state index contributed by atoms with van der Waals surface area (Å²) in [5.41, 5.74) is 1.38. The first-order chi connectivity index (χ1) is 8.62. The van der Waals surface area contributed by atoms with Crippen molar-refractivity contribution in [3.05, 3.63) is 36.5 Å². The molecule has 1 aromatic carbocycles. The van der Waals surface area contributed by atoms with E-state index in [4.69, 9.17) is 0 Å². The lowest BCUT2D eigenvalue weighted by molar-refractivity contribution is 0.598. The van der Waals surface area contributed by atoms with Crippen LogP contribution in [0.15, 0.2) is 36.5 Å². The van der Waals surface area contributed by atoms with Gasteiger partial charge in [0, 0.05) is 11.6 Å². The zero-order chi connectivity index (χ0) is 13.0. The molecule has 0 bridgehead atoms. The molecule has 1 N–H and O–H groups in total. The Balaban J connectivity index is 2.32. The number of unbranched alkanes of at least 4 members (excludes halogenated alkanes) is 1. The smallest absolute Gasteiger partial charge is 0.232 e. The van der Waals surface area contributed by atoms with Gasteiger partial charge in [-0.25, -0.2) is 8.42 Å². The molecule has 0 amide bonds. The Morgan fingerprint density at radius 1 is 1.22 bits per heavy atom. The van der Waals surface area contributed by atoms with Crippen molar-refractivity contribution in [2.75, 3.05) is 10.5 Å². The van der Waals surface area contributed by atoms with E-state index in [0.717, 1.165) is 17.3 Å². The number of nitrogens with one attached hydrogen (secondary N) is 1. The van der Waals surface area contributed by atoms with Crippen molar-refractivity contribution in [3.8, 4) is 0 Å². The van der Waals surface area contributed by atoms with Gasteiger partial charge in [0.05, 0.1) is 17.0 Å². The van der Waals surface area contributed by atoms with Crippen molar-refractivity contribution in [1.29, 1.82) is 0 Å². The first-order valence-electron chi connectivity index (χ1n) is 5.96. The Hall–Kier alpha value is -1.62. The number of sulfonamides is 1. The van der Waals surface area contributed by atoms with Crippen molar-refractivity contribution in [2.45, 2.75) is 19.8 Å². The molecular weight excluding hydrogens is 248 g/mol. The number of fused-ring (bicyclic) bond motifs is 1. The van der Waals surface area contributed by atoms with Crippen LogP contribution in [0.25, 0.3) is 10.9 Å². The van der Waals surface area contributed by atoms with E-state index in [2.05, 4.69) is 9.71 Å². The normalized spacial score (nSPS) is 11.6. The highest BCUT2D eigenvalue weighted by atomic mass is 32.2. The number of pyridine rings is 1. The first kappa shape index (κ1) is 12.8. The molecule has 0 aliphatic carbocycles. The maximum atomic E-state index is 11.9. The SMILES string of the molecule is CCCCS(=O)(=O)Nc1cccc2ncccc12. The summed E-state index contributed by atoms with van der Waals surface area (Å²) in [5.74, 6) is 0.153. The molecule has 96 valence electrons. The van der Waals surface area contributed by atoms with Crippen LogP contribution in [0.1, 0.15) is 19.8 Å². The quantitative estimate of drug-likeness (QED) is 0.903. The number of hydrogen-bond donors (Lipinski definition) is 1. The zero-order valence-corrected chi connectivity index (χ0v) is 11.1. The number of benzene rings is 1. The third-order valence-electron chi connectivity index (χ3n) is 2.68. The van der Waals surface area contributed by atoms with Gasteiger partial charge in [0.1, 0.15) is 0 Å². The van der Waals surface area contributed by atoms with Crippen LogP contribution < -0.4 is 4.72 Å². The summed E-state index contributed by atoms with van der Waals surface area (Å²) >= 11 is 0. The fraction of sp³-hybridized carbons (Fsp3) is 0.308. The Morgan fingerprint density at radius 2 is 2.06 bits per heavy atom. The predicted molar refractivity (Wildman–Crippen MR) is 74.1 cm³/mol. The molecule has 0 fully saturated rings. The van der Waals surface area contributed by atoms with Crippen LogP contribution in [0.4, 0.5) is 5.69 Å². The minimum Gasteiger partial charge on any atom is -0.283 e. The molecule has 4 nitrogen and oxygen atoms in total. The lowest BCUT2D eigenvalue weighted by atomic mass is 10.2. The Labute approximate surface area is 107 Å². The largest absolute Gasteiger partial charge is 0.283 e. The second-order valence-electron chi connectivity index (χ2n) is 4.15. The zero-order valence-electron chi connectivity index (χ0n) is 10.3. The van der Waals surface area contributed by atoms with Crippen LogP contribution in [0, 0.1) is 0 Å². The molecule has 0 spiro atoms. The summed E-state index contributed by atoms with van der Waals surface area (Å²) in [6, 6.07) is 9.08. The van der Waals surface area contributed by atoms with Crippen LogP contribution in [-0.4, -0.2) is 19.2 Å². The average Bonchev–Trinajstić information content (AvgIpc) is 2.37. The number of hydrogen-bond acceptors (Lipinski definition) is 3. The monoisotopic (exact) mass is 264 g/mol. The van der Waals surface area contributed by atoms with Crippen molar-refractivity contribution >= 4 is 26.6 Å². The molecule has 0 aliphatic heterocycles. The molecule has 18 heavy (non-hydrogen) atoms. The Bertz CT molecular complexity index is 633. The third kappa shape index (κ3) is 2.98. The van der Waals surface area contributed by atoms with E-state index in [1.807, 2.05) is 19.1 Å². The predicted octanol–water partition coefficient (Wildman–Crippen LogP) is 2.78. The fourth-order valence-corrected chi connectivity index (χ4v) is 3.03. The van der Waals surface area contributed by atoms with Gasteiger partial charge in [-0.15, -0.1) is 0 Å². The number of anilines is 1. The molecule has 2 rings (SSSR count). The number of rotatable bonds is 5. The first-order valence-corrected chi connectivity index (χ1v) is 7.62. The number of aromatic nitrogens is 1. The van der Waals surface area contributed by atoms with E-state index in [9.17, 15) is 8.42 Å². The minimum absolute atomic E-state index is 0.153. The Morgan fingerprint density at radius 3 is 2.83 bits per heavy atom. The third-order valence-corrected chi connectivity index (χ3v) is 4.03. The molecule has 0 unspecified atom stereocenters. The van der Waals surface area contributed by atoms with Gasteiger partial charge in [-0.2, -0.15) is 0 Å². The standard InChI is InChI=1S/C13H16N2O2S/c1-2-3-10-18(16,17)15-13-8-4-7-12-11(13)6-5-9-14-12/h4-9,15H,2-3,10H2,1H3. The van der Waals surface area contributed by atoms with Gasteiger partial charge in [-0.3, -0.25) is 9.71 Å². The van der Waals surface area contributed by atoms with E-state index < -0.39 is 10.0 Å². The minimum atomic E-state index is -3.27. The molecule has 0 radical (unpaired) electrons. The van der Waals surface area contributed by atoms with Crippen LogP contribution >= 0.6 is 0 Å². The van der Waals surface area contributed by atoms with Gasteiger partial charge < -0.3 is 0 Å². The lowest BCUT2D eigenvalue weighted by Gasteiger charge is -2.09. The van der Waals surface area contributed by atoms with E-state index in [-0.39, 0.29) is 5.75 Å². The maximum Gasteiger partial charge on any atom is 0.232 e. The van der Waals surface area contributed by atoms with E-state index in [1.165, 1.54) is 0 Å². The van der Waals surface area contributed by atoms with Crippen molar-refractivity contribution < 1.29 is 8.42 Å². The molecule has 0 atom stereocenters. The average molecular weight is 264 g/mol. The molecule has 0 saturated heterocycles. The van der Waals surface area contributed by atoms with Crippen LogP contribution in [-0.2, 0) is 10.0 Å². The molecule has 0 aliphatic rings. The van der Waals surface area contributed by atoms with Crippen molar-refractivity contribution in [2.24, 2.45) is 0 Å². The van der Waals surface area contributed by atoms with Gasteiger partial charge in [-0.1, -0.05) is 19.4 Å². The van der Waals surface area contributed by atoms with Crippen LogP contribution in [0.2, 0.25) is 0 Å².